The van der Waals surface area contributed by atoms with Crippen molar-refractivity contribution in [2.75, 3.05) is 0 Å². The van der Waals surface area contributed by atoms with Crippen molar-refractivity contribution in [2.24, 2.45) is 0 Å². The van der Waals surface area contributed by atoms with Crippen molar-refractivity contribution in [2.45, 2.75) is 51.6 Å². The molecule has 0 aromatic heterocycles. The van der Waals surface area contributed by atoms with Crippen LogP contribution in [0.25, 0.3) is 0 Å². The lowest BCUT2D eigenvalue weighted by Gasteiger charge is -2.11. The minimum atomic E-state index is 0.609. The molecule has 1 N–H and O–H groups in total. The summed E-state index contributed by atoms with van der Waals surface area (Å²) in [6.45, 7) is 6.39. The first-order chi connectivity index (χ1) is 10.2. The number of nitrogens with one attached hydrogen (secondary N) is 1. The van der Waals surface area contributed by atoms with Gasteiger partial charge in [0.1, 0.15) is 0 Å². The highest BCUT2D eigenvalue weighted by atomic mass is 14.8. The second-order valence-electron chi connectivity index (χ2n) is 6.47. The second-order valence-corrected chi connectivity index (χ2v) is 6.47. The van der Waals surface area contributed by atoms with Crippen LogP contribution in [0.1, 0.15) is 60.8 Å². The van der Waals surface area contributed by atoms with E-state index in [1.165, 1.54) is 29.5 Å². The maximum Gasteiger partial charge on any atom is 0.0211 e. The Kier molecular flexibility index (Phi) is 4.40. The van der Waals surface area contributed by atoms with E-state index in [2.05, 4.69) is 67.7 Å². The zero-order valence-corrected chi connectivity index (χ0v) is 13.1. The van der Waals surface area contributed by atoms with Gasteiger partial charge in [-0.1, -0.05) is 62.4 Å². The molecule has 0 atom stereocenters. The molecule has 0 amide bonds. The van der Waals surface area contributed by atoms with Gasteiger partial charge in [-0.2, -0.15) is 0 Å². The molecule has 0 heterocycles. The zero-order chi connectivity index (χ0) is 14.7. The van der Waals surface area contributed by atoms with Crippen molar-refractivity contribution in [3.8, 4) is 0 Å². The molecule has 1 aliphatic carbocycles. The van der Waals surface area contributed by atoms with Crippen LogP contribution in [0, 0.1) is 0 Å². The van der Waals surface area contributed by atoms with Crippen molar-refractivity contribution in [1.29, 1.82) is 0 Å². The van der Waals surface area contributed by atoms with Gasteiger partial charge in [0, 0.05) is 13.1 Å². The van der Waals surface area contributed by atoms with Gasteiger partial charge in [-0.15, -0.1) is 0 Å². The summed E-state index contributed by atoms with van der Waals surface area (Å²) in [4.78, 5) is 0. The lowest BCUT2D eigenvalue weighted by Crippen LogP contribution is -2.13. The zero-order valence-electron chi connectivity index (χ0n) is 13.1. The molecule has 1 fully saturated rings. The number of benzene rings is 2. The van der Waals surface area contributed by atoms with Crippen molar-refractivity contribution >= 4 is 0 Å². The summed E-state index contributed by atoms with van der Waals surface area (Å²) in [5.41, 5.74) is 5.81. The highest BCUT2D eigenvalue weighted by Crippen LogP contribution is 2.41. The molecule has 0 unspecified atom stereocenters. The standard InChI is InChI=1S/C20H25N/c1-15(2)17-9-7-16(8-10-17)13-21-14-19-5-3-4-6-20(19)18-11-12-18/h3-10,15,18,21H,11-14H2,1-2H3. The van der Waals surface area contributed by atoms with Crippen molar-refractivity contribution in [3.63, 3.8) is 0 Å². The Balaban J connectivity index is 1.56. The highest BCUT2D eigenvalue weighted by Gasteiger charge is 2.25. The van der Waals surface area contributed by atoms with Crippen LogP contribution >= 0.6 is 0 Å². The molecule has 2 aromatic rings. The van der Waals surface area contributed by atoms with Crippen LogP contribution in [0.3, 0.4) is 0 Å². The van der Waals surface area contributed by atoms with Gasteiger partial charge in [0.2, 0.25) is 0 Å². The number of rotatable bonds is 6. The molecule has 0 radical (unpaired) electrons. The molecular formula is C20H25N. The fourth-order valence-electron chi connectivity index (χ4n) is 2.85. The smallest absolute Gasteiger partial charge is 0.0211 e. The van der Waals surface area contributed by atoms with Crippen LogP contribution in [-0.4, -0.2) is 0 Å². The molecule has 0 saturated heterocycles. The van der Waals surface area contributed by atoms with Crippen molar-refractivity contribution in [3.05, 3.63) is 70.8 Å². The minimum Gasteiger partial charge on any atom is -0.309 e. The molecule has 1 aliphatic rings. The van der Waals surface area contributed by atoms with Gasteiger partial charge >= 0.3 is 0 Å². The van der Waals surface area contributed by atoms with Crippen LogP contribution in [-0.2, 0) is 13.1 Å². The largest absolute Gasteiger partial charge is 0.309 e. The van der Waals surface area contributed by atoms with Crippen LogP contribution in [0.4, 0.5) is 0 Å². The number of hydrogen-bond acceptors (Lipinski definition) is 1. The monoisotopic (exact) mass is 279 g/mol. The van der Waals surface area contributed by atoms with E-state index in [1.807, 2.05) is 0 Å². The molecule has 2 aromatic carbocycles. The first kappa shape index (κ1) is 14.3. The van der Waals surface area contributed by atoms with Gasteiger partial charge in [0.25, 0.3) is 0 Å². The second kappa shape index (κ2) is 6.44. The van der Waals surface area contributed by atoms with Gasteiger partial charge in [-0.25, -0.2) is 0 Å². The van der Waals surface area contributed by atoms with E-state index in [0.29, 0.717) is 5.92 Å². The van der Waals surface area contributed by atoms with Crippen molar-refractivity contribution in [1.82, 2.24) is 5.32 Å². The Morgan fingerprint density at radius 1 is 0.952 bits per heavy atom. The third-order valence-electron chi connectivity index (χ3n) is 4.36. The maximum absolute atomic E-state index is 3.59. The van der Waals surface area contributed by atoms with Crippen LogP contribution < -0.4 is 5.32 Å². The lowest BCUT2D eigenvalue weighted by atomic mass is 10.0. The molecule has 1 nitrogen and oxygen atoms in total. The molecule has 3 rings (SSSR count). The van der Waals surface area contributed by atoms with E-state index < -0.39 is 0 Å². The fourth-order valence-corrected chi connectivity index (χ4v) is 2.85. The van der Waals surface area contributed by atoms with Gasteiger partial charge in [0.05, 0.1) is 0 Å². The predicted molar refractivity (Wildman–Crippen MR) is 89.5 cm³/mol. The molecular weight excluding hydrogens is 254 g/mol. The Morgan fingerprint density at radius 2 is 1.67 bits per heavy atom. The third kappa shape index (κ3) is 3.74. The summed E-state index contributed by atoms with van der Waals surface area (Å²) in [6.07, 6.45) is 2.74. The van der Waals surface area contributed by atoms with E-state index in [4.69, 9.17) is 0 Å². The summed E-state index contributed by atoms with van der Waals surface area (Å²) < 4.78 is 0. The molecule has 0 spiro atoms. The summed E-state index contributed by atoms with van der Waals surface area (Å²) in [5.74, 6) is 1.44. The maximum atomic E-state index is 3.59. The Labute approximate surface area is 128 Å². The summed E-state index contributed by atoms with van der Waals surface area (Å²) in [5, 5.41) is 3.59. The minimum absolute atomic E-state index is 0.609. The van der Waals surface area contributed by atoms with E-state index in [0.717, 1.165) is 19.0 Å². The topological polar surface area (TPSA) is 12.0 Å². The lowest BCUT2D eigenvalue weighted by molar-refractivity contribution is 0.687. The van der Waals surface area contributed by atoms with Gasteiger partial charge < -0.3 is 5.32 Å². The van der Waals surface area contributed by atoms with Crippen LogP contribution in [0.15, 0.2) is 48.5 Å². The molecule has 110 valence electrons. The number of hydrogen-bond donors (Lipinski definition) is 1. The Morgan fingerprint density at radius 3 is 2.33 bits per heavy atom. The molecule has 21 heavy (non-hydrogen) atoms. The van der Waals surface area contributed by atoms with Gasteiger partial charge in [0.15, 0.2) is 0 Å². The SMILES string of the molecule is CC(C)c1ccc(CNCc2ccccc2C2CC2)cc1. The van der Waals surface area contributed by atoms with E-state index in [9.17, 15) is 0 Å². The van der Waals surface area contributed by atoms with Crippen LogP contribution in [0.5, 0.6) is 0 Å². The Hall–Kier alpha value is -1.60. The average Bonchev–Trinajstić information content (AvgIpc) is 3.33. The highest BCUT2D eigenvalue weighted by molar-refractivity contribution is 5.33. The first-order valence-electron chi connectivity index (χ1n) is 8.11. The normalized spacial score (nSPS) is 14.6. The molecule has 1 heteroatoms. The van der Waals surface area contributed by atoms with E-state index in [-0.39, 0.29) is 0 Å². The molecule has 0 bridgehead atoms. The van der Waals surface area contributed by atoms with Gasteiger partial charge in [-0.3, -0.25) is 0 Å². The first-order valence-corrected chi connectivity index (χ1v) is 8.11. The van der Waals surface area contributed by atoms with E-state index in [1.54, 1.807) is 5.56 Å². The third-order valence-corrected chi connectivity index (χ3v) is 4.36. The quantitative estimate of drug-likeness (QED) is 0.786. The van der Waals surface area contributed by atoms with Crippen LogP contribution in [0.2, 0.25) is 0 Å². The molecule has 0 aliphatic heterocycles. The predicted octanol–water partition coefficient (Wildman–Crippen LogP) is 4.98. The van der Waals surface area contributed by atoms with Gasteiger partial charge in [-0.05, 0) is 46.9 Å². The average molecular weight is 279 g/mol. The van der Waals surface area contributed by atoms with Crippen molar-refractivity contribution < 1.29 is 0 Å². The fraction of sp³-hybridized carbons (Fsp3) is 0.400. The summed E-state index contributed by atoms with van der Waals surface area (Å²) >= 11 is 0. The summed E-state index contributed by atoms with van der Waals surface area (Å²) in [6, 6.07) is 17.9. The Bertz CT molecular complexity index is 579. The van der Waals surface area contributed by atoms with E-state index >= 15 is 0 Å². The molecule has 1 saturated carbocycles. The summed E-state index contributed by atoms with van der Waals surface area (Å²) in [7, 11) is 0.